The monoisotopic (exact) mass is 183 g/mol. The van der Waals surface area contributed by atoms with Crippen molar-refractivity contribution in [3.63, 3.8) is 0 Å². The number of rotatable bonds is 5. The predicted octanol–water partition coefficient (Wildman–Crippen LogP) is 3.30. The lowest BCUT2D eigenvalue weighted by atomic mass is 10.1. The maximum atomic E-state index is 2.72. The van der Waals surface area contributed by atoms with Crippen LogP contribution in [0.1, 0.15) is 52.9 Å². The Labute approximate surface area is 83.5 Å². The summed E-state index contributed by atoms with van der Waals surface area (Å²) in [6.07, 6.45) is 6.91. The van der Waals surface area contributed by atoms with Crippen LogP contribution in [0.4, 0.5) is 0 Å². The Morgan fingerprint density at radius 1 is 1.23 bits per heavy atom. The fourth-order valence-electron chi connectivity index (χ4n) is 2.48. The van der Waals surface area contributed by atoms with Gasteiger partial charge in [-0.3, -0.25) is 0 Å². The summed E-state index contributed by atoms with van der Waals surface area (Å²) in [7, 11) is 0. The number of hydrogen-bond donors (Lipinski definition) is 0. The predicted molar refractivity (Wildman–Crippen MR) is 59.0 cm³/mol. The van der Waals surface area contributed by atoms with Crippen LogP contribution < -0.4 is 0 Å². The minimum absolute atomic E-state index is 0.889. The van der Waals surface area contributed by atoms with E-state index in [1.165, 1.54) is 45.2 Å². The van der Waals surface area contributed by atoms with Gasteiger partial charge in [0.1, 0.15) is 0 Å². The van der Waals surface area contributed by atoms with E-state index in [2.05, 4.69) is 25.7 Å². The molecule has 1 aliphatic rings. The first-order valence-electron chi connectivity index (χ1n) is 6.02. The first-order valence-corrected chi connectivity index (χ1v) is 6.02. The van der Waals surface area contributed by atoms with Crippen molar-refractivity contribution >= 4 is 0 Å². The van der Waals surface area contributed by atoms with Gasteiger partial charge in [0.05, 0.1) is 0 Å². The molecule has 0 radical (unpaired) electrons. The van der Waals surface area contributed by atoms with E-state index in [1.807, 2.05) is 0 Å². The molecule has 0 aromatic rings. The van der Waals surface area contributed by atoms with E-state index in [0.717, 1.165) is 12.0 Å². The third-order valence-electron chi connectivity index (χ3n) is 3.22. The highest BCUT2D eigenvalue weighted by Gasteiger charge is 2.24. The fourth-order valence-corrected chi connectivity index (χ4v) is 2.48. The molecule has 1 unspecified atom stereocenters. The van der Waals surface area contributed by atoms with Crippen LogP contribution in [-0.2, 0) is 0 Å². The average molecular weight is 183 g/mol. The zero-order chi connectivity index (χ0) is 9.68. The van der Waals surface area contributed by atoms with Gasteiger partial charge in [0.15, 0.2) is 0 Å². The van der Waals surface area contributed by atoms with E-state index < -0.39 is 0 Å². The van der Waals surface area contributed by atoms with Gasteiger partial charge in [-0.15, -0.1) is 0 Å². The molecule has 1 atom stereocenters. The normalized spacial score (nSPS) is 24.5. The molecule has 13 heavy (non-hydrogen) atoms. The van der Waals surface area contributed by atoms with Crippen molar-refractivity contribution < 1.29 is 0 Å². The lowest BCUT2D eigenvalue weighted by molar-refractivity contribution is 0.210. The van der Waals surface area contributed by atoms with E-state index in [1.54, 1.807) is 0 Å². The van der Waals surface area contributed by atoms with Crippen molar-refractivity contribution in [2.24, 2.45) is 5.92 Å². The second-order valence-corrected chi connectivity index (χ2v) is 4.62. The van der Waals surface area contributed by atoms with E-state index >= 15 is 0 Å². The van der Waals surface area contributed by atoms with Gasteiger partial charge in [-0.25, -0.2) is 0 Å². The van der Waals surface area contributed by atoms with Gasteiger partial charge in [-0.2, -0.15) is 0 Å². The standard InChI is InChI=1S/C12H25N/c1-4-6-12(7-5-2)13-9-8-11(3)10-13/h11-12H,4-10H2,1-3H3. The van der Waals surface area contributed by atoms with E-state index in [9.17, 15) is 0 Å². The van der Waals surface area contributed by atoms with Gasteiger partial charge in [-0.05, 0) is 31.7 Å². The zero-order valence-electron chi connectivity index (χ0n) is 9.55. The third kappa shape index (κ3) is 3.30. The molecule has 0 amide bonds. The molecule has 0 saturated carbocycles. The minimum Gasteiger partial charge on any atom is -0.300 e. The summed E-state index contributed by atoms with van der Waals surface area (Å²) < 4.78 is 0. The van der Waals surface area contributed by atoms with E-state index in [0.29, 0.717) is 0 Å². The van der Waals surface area contributed by atoms with Crippen molar-refractivity contribution in [2.45, 2.75) is 58.9 Å². The molecule has 1 nitrogen and oxygen atoms in total. The quantitative estimate of drug-likeness (QED) is 0.632. The molecule has 1 fully saturated rings. The molecule has 0 bridgehead atoms. The molecule has 78 valence electrons. The largest absolute Gasteiger partial charge is 0.300 e. The van der Waals surface area contributed by atoms with Gasteiger partial charge in [0.2, 0.25) is 0 Å². The topological polar surface area (TPSA) is 3.24 Å². The first-order chi connectivity index (χ1) is 6.27. The minimum atomic E-state index is 0.889. The number of likely N-dealkylation sites (tertiary alicyclic amines) is 1. The Morgan fingerprint density at radius 2 is 1.85 bits per heavy atom. The van der Waals surface area contributed by atoms with Crippen molar-refractivity contribution in [1.29, 1.82) is 0 Å². The molecular weight excluding hydrogens is 158 g/mol. The molecular formula is C12H25N. The summed E-state index contributed by atoms with van der Waals surface area (Å²) in [4.78, 5) is 2.72. The molecule has 1 heterocycles. The van der Waals surface area contributed by atoms with Crippen molar-refractivity contribution in [2.75, 3.05) is 13.1 Å². The average Bonchev–Trinajstić information content (AvgIpc) is 2.51. The molecule has 0 spiro atoms. The van der Waals surface area contributed by atoms with Gasteiger partial charge in [-0.1, -0.05) is 33.6 Å². The van der Waals surface area contributed by atoms with Crippen molar-refractivity contribution in [1.82, 2.24) is 4.90 Å². The Balaban J connectivity index is 2.35. The molecule has 1 heteroatoms. The summed E-state index contributed by atoms with van der Waals surface area (Å²) in [5.74, 6) is 0.941. The van der Waals surface area contributed by atoms with Gasteiger partial charge >= 0.3 is 0 Å². The van der Waals surface area contributed by atoms with Crippen LogP contribution in [0.3, 0.4) is 0 Å². The van der Waals surface area contributed by atoms with Gasteiger partial charge < -0.3 is 4.90 Å². The number of hydrogen-bond acceptors (Lipinski definition) is 1. The Kier molecular flexibility index (Phi) is 4.79. The summed E-state index contributed by atoms with van der Waals surface area (Å²) in [5, 5.41) is 0. The van der Waals surface area contributed by atoms with Crippen molar-refractivity contribution in [3.8, 4) is 0 Å². The molecule has 0 aromatic heterocycles. The Morgan fingerprint density at radius 3 is 2.23 bits per heavy atom. The first kappa shape index (κ1) is 11.0. The highest BCUT2D eigenvalue weighted by molar-refractivity contribution is 4.79. The SMILES string of the molecule is CCCC(CCC)N1CCC(C)C1. The van der Waals surface area contributed by atoms with Crippen LogP contribution in [0.25, 0.3) is 0 Å². The van der Waals surface area contributed by atoms with E-state index in [4.69, 9.17) is 0 Å². The maximum Gasteiger partial charge on any atom is 0.00951 e. The summed E-state index contributed by atoms with van der Waals surface area (Å²) in [6, 6.07) is 0.889. The van der Waals surface area contributed by atoms with Crippen LogP contribution >= 0.6 is 0 Å². The molecule has 1 saturated heterocycles. The van der Waals surface area contributed by atoms with Gasteiger partial charge in [0, 0.05) is 12.6 Å². The third-order valence-corrected chi connectivity index (χ3v) is 3.22. The van der Waals surface area contributed by atoms with Crippen LogP contribution in [0.2, 0.25) is 0 Å². The van der Waals surface area contributed by atoms with Crippen LogP contribution in [0.5, 0.6) is 0 Å². The molecule has 0 aliphatic carbocycles. The molecule has 0 N–H and O–H groups in total. The molecule has 0 aromatic carbocycles. The van der Waals surface area contributed by atoms with Crippen LogP contribution in [0, 0.1) is 5.92 Å². The highest BCUT2D eigenvalue weighted by atomic mass is 15.2. The Bertz CT molecular complexity index is 127. The highest BCUT2D eigenvalue weighted by Crippen LogP contribution is 2.22. The summed E-state index contributed by atoms with van der Waals surface area (Å²) in [5.41, 5.74) is 0. The van der Waals surface area contributed by atoms with Crippen LogP contribution in [0.15, 0.2) is 0 Å². The molecule has 1 aliphatic heterocycles. The summed E-state index contributed by atoms with van der Waals surface area (Å²) in [6.45, 7) is 9.70. The fraction of sp³-hybridized carbons (Fsp3) is 1.00. The second kappa shape index (κ2) is 5.64. The summed E-state index contributed by atoms with van der Waals surface area (Å²) >= 11 is 0. The van der Waals surface area contributed by atoms with Crippen molar-refractivity contribution in [3.05, 3.63) is 0 Å². The second-order valence-electron chi connectivity index (χ2n) is 4.62. The maximum absolute atomic E-state index is 2.72. The molecule has 1 rings (SSSR count). The van der Waals surface area contributed by atoms with Crippen LogP contribution in [-0.4, -0.2) is 24.0 Å². The smallest absolute Gasteiger partial charge is 0.00951 e. The lowest BCUT2D eigenvalue weighted by Crippen LogP contribution is -2.33. The zero-order valence-corrected chi connectivity index (χ0v) is 9.55. The Hall–Kier alpha value is -0.0400. The lowest BCUT2D eigenvalue weighted by Gasteiger charge is -2.27. The number of nitrogens with zero attached hydrogens (tertiary/aromatic N) is 1. The van der Waals surface area contributed by atoms with Gasteiger partial charge in [0.25, 0.3) is 0 Å². The van der Waals surface area contributed by atoms with E-state index in [-0.39, 0.29) is 0 Å².